The zero-order valence-electron chi connectivity index (χ0n) is 4.40. The molecule has 1 rings (SSSR count). The fourth-order valence-corrected chi connectivity index (χ4v) is 0.440. The lowest BCUT2D eigenvalue weighted by molar-refractivity contribution is -0.153. The number of hydrogen-bond acceptors (Lipinski definition) is 4. The third-order valence-corrected chi connectivity index (χ3v) is 0.909. The zero-order chi connectivity index (χ0) is 6.85. The van der Waals surface area contributed by atoms with Crippen molar-refractivity contribution in [2.75, 3.05) is 0 Å². The lowest BCUT2D eigenvalue weighted by atomic mass is 10.2. The van der Waals surface area contributed by atoms with Gasteiger partial charge in [-0.05, 0) is 0 Å². The van der Waals surface area contributed by atoms with Crippen LogP contribution in [-0.4, -0.2) is 23.0 Å². The Balaban J connectivity index is 2.81. The Morgan fingerprint density at radius 3 is 2.67 bits per heavy atom. The van der Waals surface area contributed by atoms with Gasteiger partial charge in [0.05, 0.1) is 6.26 Å². The quantitative estimate of drug-likeness (QED) is 0.335. The number of cyclic esters (lactones) is 1. The van der Waals surface area contributed by atoms with Crippen molar-refractivity contribution in [3.8, 4) is 0 Å². The summed E-state index contributed by atoms with van der Waals surface area (Å²) in [5.74, 6) is -1.55. The van der Waals surface area contributed by atoms with E-state index in [4.69, 9.17) is 5.11 Å². The van der Waals surface area contributed by atoms with Gasteiger partial charge in [-0.15, -0.1) is 0 Å². The first-order chi connectivity index (χ1) is 4.22. The Morgan fingerprint density at radius 1 is 1.56 bits per heavy atom. The highest BCUT2D eigenvalue weighted by atomic mass is 16.5. The van der Waals surface area contributed by atoms with Crippen molar-refractivity contribution >= 4 is 11.8 Å². The van der Waals surface area contributed by atoms with Crippen LogP contribution < -0.4 is 0 Å². The first kappa shape index (κ1) is 5.97. The largest absolute Gasteiger partial charge is 0.432 e. The molecule has 1 N–H and O–H groups in total. The van der Waals surface area contributed by atoms with Gasteiger partial charge < -0.3 is 9.84 Å². The molecule has 0 aromatic rings. The predicted octanol–water partition coefficient (Wildman–Crippen LogP) is -1.01. The van der Waals surface area contributed by atoms with Crippen molar-refractivity contribution in [3.05, 3.63) is 12.3 Å². The second kappa shape index (κ2) is 1.99. The van der Waals surface area contributed by atoms with Gasteiger partial charge in [-0.25, -0.2) is 4.79 Å². The van der Waals surface area contributed by atoms with Gasteiger partial charge in [0.2, 0.25) is 6.10 Å². The summed E-state index contributed by atoms with van der Waals surface area (Å²) in [7, 11) is 0. The van der Waals surface area contributed by atoms with Crippen molar-refractivity contribution in [1.29, 1.82) is 0 Å². The SMILES string of the molecule is O=C1C=COC(=O)C1O. The number of carbonyl (C=O) groups is 2. The Bertz CT molecular complexity index is 181. The number of hydrogen-bond donors (Lipinski definition) is 1. The maximum absolute atomic E-state index is 10.4. The van der Waals surface area contributed by atoms with Crippen LogP contribution in [-0.2, 0) is 14.3 Å². The molecule has 1 aliphatic heterocycles. The van der Waals surface area contributed by atoms with Crippen molar-refractivity contribution in [1.82, 2.24) is 0 Å². The minimum Gasteiger partial charge on any atom is -0.432 e. The minimum atomic E-state index is -1.62. The molecule has 9 heavy (non-hydrogen) atoms. The first-order valence-corrected chi connectivity index (χ1v) is 2.31. The average Bonchev–Trinajstić information content (AvgIpc) is 1.83. The molecule has 1 heterocycles. The summed E-state index contributed by atoms with van der Waals surface area (Å²) < 4.78 is 4.17. The summed E-state index contributed by atoms with van der Waals surface area (Å²) in [5.41, 5.74) is 0. The molecule has 0 amide bonds. The molecular weight excluding hydrogens is 124 g/mol. The van der Waals surface area contributed by atoms with Crippen LogP contribution in [0.5, 0.6) is 0 Å². The lowest BCUT2D eigenvalue weighted by Crippen LogP contribution is -2.32. The standard InChI is InChI=1S/C5H4O4/c6-3-1-2-9-5(8)4(3)7/h1-2,4,7H. The zero-order valence-corrected chi connectivity index (χ0v) is 4.40. The van der Waals surface area contributed by atoms with Crippen molar-refractivity contribution in [2.24, 2.45) is 0 Å². The predicted molar refractivity (Wildman–Crippen MR) is 26.2 cm³/mol. The maximum Gasteiger partial charge on any atom is 0.347 e. The van der Waals surface area contributed by atoms with Gasteiger partial charge in [-0.1, -0.05) is 0 Å². The molecule has 1 unspecified atom stereocenters. The van der Waals surface area contributed by atoms with Crippen LogP contribution in [0, 0.1) is 0 Å². The van der Waals surface area contributed by atoms with Crippen molar-refractivity contribution in [2.45, 2.75) is 6.10 Å². The van der Waals surface area contributed by atoms with E-state index in [9.17, 15) is 9.59 Å². The summed E-state index contributed by atoms with van der Waals surface area (Å²) in [4.78, 5) is 20.6. The Hall–Kier alpha value is -1.16. The van der Waals surface area contributed by atoms with E-state index in [1.54, 1.807) is 0 Å². The summed E-state index contributed by atoms with van der Waals surface area (Å²) in [6.45, 7) is 0. The number of esters is 1. The van der Waals surface area contributed by atoms with Crippen LogP contribution in [0.15, 0.2) is 12.3 Å². The number of aliphatic hydroxyl groups excluding tert-OH is 1. The summed E-state index contributed by atoms with van der Waals surface area (Å²) in [6, 6.07) is 0. The van der Waals surface area contributed by atoms with E-state index in [1.807, 2.05) is 0 Å². The third kappa shape index (κ3) is 0.972. The number of aliphatic hydroxyl groups is 1. The van der Waals surface area contributed by atoms with Gasteiger partial charge in [-0.3, -0.25) is 4.79 Å². The average molecular weight is 128 g/mol. The Morgan fingerprint density at radius 2 is 2.22 bits per heavy atom. The normalized spacial score (nSPS) is 26.1. The molecule has 0 fully saturated rings. The van der Waals surface area contributed by atoms with Gasteiger partial charge in [-0.2, -0.15) is 0 Å². The van der Waals surface area contributed by atoms with Gasteiger partial charge in [0.15, 0.2) is 5.78 Å². The van der Waals surface area contributed by atoms with E-state index < -0.39 is 17.9 Å². The van der Waals surface area contributed by atoms with Crippen LogP contribution in [0.25, 0.3) is 0 Å². The second-order valence-electron chi connectivity index (χ2n) is 1.54. The van der Waals surface area contributed by atoms with E-state index >= 15 is 0 Å². The van der Waals surface area contributed by atoms with Gasteiger partial charge in [0, 0.05) is 6.08 Å². The molecule has 1 atom stereocenters. The van der Waals surface area contributed by atoms with Gasteiger partial charge >= 0.3 is 5.97 Å². The van der Waals surface area contributed by atoms with E-state index in [0.29, 0.717) is 0 Å². The summed E-state index contributed by atoms with van der Waals surface area (Å²) in [6.07, 6.45) is 0.346. The van der Waals surface area contributed by atoms with E-state index in [-0.39, 0.29) is 0 Å². The van der Waals surface area contributed by atoms with Crippen LogP contribution in [0.4, 0.5) is 0 Å². The van der Waals surface area contributed by atoms with Gasteiger partial charge in [0.25, 0.3) is 0 Å². The fourth-order valence-electron chi connectivity index (χ4n) is 0.440. The highest BCUT2D eigenvalue weighted by Gasteiger charge is 2.25. The van der Waals surface area contributed by atoms with Crippen LogP contribution >= 0.6 is 0 Å². The summed E-state index contributed by atoms with van der Waals surface area (Å²) >= 11 is 0. The smallest absolute Gasteiger partial charge is 0.347 e. The molecular formula is C5H4O4. The Labute approximate surface area is 50.7 Å². The molecule has 0 saturated carbocycles. The second-order valence-corrected chi connectivity index (χ2v) is 1.54. The molecule has 0 aromatic carbocycles. The van der Waals surface area contributed by atoms with E-state index in [0.717, 1.165) is 12.3 Å². The highest BCUT2D eigenvalue weighted by Crippen LogP contribution is 1.99. The number of rotatable bonds is 0. The molecule has 0 spiro atoms. The van der Waals surface area contributed by atoms with Crippen LogP contribution in [0.2, 0.25) is 0 Å². The fraction of sp³-hybridized carbons (Fsp3) is 0.200. The van der Waals surface area contributed by atoms with Crippen LogP contribution in [0.1, 0.15) is 0 Å². The van der Waals surface area contributed by atoms with E-state index in [2.05, 4.69) is 4.74 Å². The molecule has 0 radical (unpaired) electrons. The molecule has 0 aliphatic carbocycles. The highest BCUT2D eigenvalue weighted by molar-refractivity contribution is 6.09. The Kier molecular flexibility index (Phi) is 1.32. The summed E-state index contributed by atoms with van der Waals surface area (Å²) in [5, 5.41) is 8.57. The van der Waals surface area contributed by atoms with Crippen molar-refractivity contribution in [3.63, 3.8) is 0 Å². The molecule has 0 aromatic heterocycles. The number of ether oxygens (including phenoxy) is 1. The minimum absolute atomic E-state index is 0.633. The number of ketones is 1. The molecule has 4 heteroatoms. The van der Waals surface area contributed by atoms with Gasteiger partial charge in [0.1, 0.15) is 0 Å². The topological polar surface area (TPSA) is 63.6 Å². The van der Waals surface area contributed by atoms with Crippen LogP contribution in [0.3, 0.4) is 0 Å². The number of carbonyl (C=O) groups excluding carboxylic acids is 2. The molecule has 4 nitrogen and oxygen atoms in total. The monoisotopic (exact) mass is 128 g/mol. The third-order valence-electron chi connectivity index (χ3n) is 0.909. The maximum atomic E-state index is 10.4. The lowest BCUT2D eigenvalue weighted by Gasteiger charge is -2.07. The molecule has 1 aliphatic rings. The molecule has 0 saturated heterocycles. The van der Waals surface area contributed by atoms with E-state index in [1.165, 1.54) is 0 Å². The molecule has 0 bridgehead atoms. The first-order valence-electron chi connectivity index (χ1n) is 2.31. The van der Waals surface area contributed by atoms with Crippen molar-refractivity contribution < 1.29 is 19.4 Å². The molecule has 48 valence electrons.